The first-order chi connectivity index (χ1) is 9.58. The molecule has 0 spiro atoms. The van der Waals surface area contributed by atoms with E-state index in [1.807, 2.05) is 38.1 Å². The van der Waals surface area contributed by atoms with Crippen molar-refractivity contribution in [3.05, 3.63) is 29.8 Å². The third-order valence-electron chi connectivity index (χ3n) is 2.78. The summed E-state index contributed by atoms with van der Waals surface area (Å²) in [4.78, 5) is 27.8. The van der Waals surface area contributed by atoms with Crippen molar-refractivity contribution in [2.75, 3.05) is 11.9 Å². The Kier molecular flexibility index (Phi) is 4.79. The molecule has 0 aromatic heterocycles. The van der Waals surface area contributed by atoms with Crippen LogP contribution in [0, 0.1) is 6.92 Å². The number of hydrogen-bond donors (Lipinski definition) is 2. The molecule has 1 saturated heterocycles. The molecule has 0 aliphatic carbocycles. The predicted octanol–water partition coefficient (Wildman–Crippen LogP) is 1.93. The second-order valence-corrected chi connectivity index (χ2v) is 5.69. The van der Waals surface area contributed by atoms with Crippen molar-refractivity contribution in [2.45, 2.75) is 25.5 Å². The lowest BCUT2D eigenvalue weighted by Crippen LogP contribution is -2.28. The Morgan fingerprint density at radius 1 is 1.40 bits per heavy atom. The van der Waals surface area contributed by atoms with Crippen LogP contribution in [0.15, 0.2) is 29.3 Å². The number of hydrogen-bond acceptors (Lipinski definition) is 4. The molecule has 1 aromatic rings. The van der Waals surface area contributed by atoms with Crippen molar-refractivity contribution in [1.82, 2.24) is 5.32 Å². The van der Waals surface area contributed by atoms with Gasteiger partial charge in [0.1, 0.15) is 5.25 Å². The molecule has 2 N–H and O–H groups in total. The van der Waals surface area contributed by atoms with E-state index in [1.54, 1.807) is 0 Å². The second kappa shape index (κ2) is 6.56. The summed E-state index contributed by atoms with van der Waals surface area (Å²) in [6.45, 7) is 4.50. The molecule has 106 valence electrons. The van der Waals surface area contributed by atoms with Crippen molar-refractivity contribution in [3.8, 4) is 0 Å². The van der Waals surface area contributed by atoms with Gasteiger partial charge in [-0.3, -0.25) is 14.6 Å². The maximum atomic E-state index is 11.9. The topological polar surface area (TPSA) is 70.6 Å². The van der Waals surface area contributed by atoms with Crippen molar-refractivity contribution in [3.63, 3.8) is 0 Å². The molecule has 1 heterocycles. The third-order valence-corrected chi connectivity index (χ3v) is 3.90. The zero-order valence-electron chi connectivity index (χ0n) is 11.5. The van der Waals surface area contributed by atoms with Crippen LogP contribution in [0.2, 0.25) is 0 Å². The highest BCUT2D eigenvalue weighted by atomic mass is 32.2. The standard InChI is InChI=1S/C14H17N3O2S/c1-3-15-14-17-13(19)11(20-14)8-12(18)16-10-6-4-9(2)5-7-10/h4-7,11H,3,8H2,1-2H3,(H,16,18)(H,15,17,19)/t11-/m0/s1. The Labute approximate surface area is 122 Å². The highest BCUT2D eigenvalue weighted by molar-refractivity contribution is 8.15. The first kappa shape index (κ1) is 14.6. The van der Waals surface area contributed by atoms with Crippen LogP contribution in [0.3, 0.4) is 0 Å². The minimum atomic E-state index is -0.397. The average molecular weight is 291 g/mol. The average Bonchev–Trinajstić information content (AvgIpc) is 2.73. The molecule has 0 unspecified atom stereocenters. The van der Waals surface area contributed by atoms with Crippen molar-refractivity contribution in [2.24, 2.45) is 4.99 Å². The van der Waals surface area contributed by atoms with E-state index in [4.69, 9.17) is 0 Å². The molecule has 5 nitrogen and oxygen atoms in total. The van der Waals surface area contributed by atoms with Gasteiger partial charge in [-0.1, -0.05) is 29.5 Å². The van der Waals surface area contributed by atoms with E-state index in [-0.39, 0.29) is 18.2 Å². The van der Waals surface area contributed by atoms with Gasteiger partial charge in [-0.15, -0.1) is 0 Å². The van der Waals surface area contributed by atoms with E-state index in [2.05, 4.69) is 15.6 Å². The van der Waals surface area contributed by atoms with Gasteiger partial charge in [0.15, 0.2) is 5.17 Å². The second-order valence-electron chi connectivity index (χ2n) is 4.49. The first-order valence-corrected chi connectivity index (χ1v) is 7.35. The Hall–Kier alpha value is -1.82. The fourth-order valence-electron chi connectivity index (χ4n) is 1.78. The van der Waals surface area contributed by atoms with Crippen LogP contribution in [0.1, 0.15) is 18.9 Å². The van der Waals surface area contributed by atoms with Gasteiger partial charge < -0.3 is 10.6 Å². The minimum absolute atomic E-state index is 0.146. The van der Waals surface area contributed by atoms with Crippen molar-refractivity contribution < 1.29 is 9.59 Å². The van der Waals surface area contributed by atoms with Crippen molar-refractivity contribution in [1.29, 1.82) is 0 Å². The number of aliphatic imine (C=N–C) groups is 1. The Bertz CT molecular complexity index is 540. The molecule has 0 radical (unpaired) electrons. The summed E-state index contributed by atoms with van der Waals surface area (Å²) in [5.41, 5.74) is 1.88. The molecule has 2 rings (SSSR count). The van der Waals surface area contributed by atoms with Gasteiger partial charge in [-0.2, -0.15) is 0 Å². The zero-order valence-corrected chi connectivity index (χ0v) is 12.3. The molecular weight excluding hydrogens is 274 g/mol. The minimum Gasteiger partial charge on any atom is -0.326 e. The number of aryl methyl sites for hydroxylation is 1. The fourth-order valence-corrected chi connectivity index (χ4v) is 2.81. The van der Waals surface area contributed by atoms with Crippen LogP contribution in [0.4, 0.5) is 5.69 Å². The van der Waals surface area contributed by atoms with Crippen LogP contribution >= 0.6 is 11.8 Å². The number of benzene rings is 1. The quantitative estimate of drug-likeness (QED) is 0.890. The summed E-state index contributed by atoms with van der Waals surface area (Å²) in [7, 11) is 0. The number of nitrogens with one attached hydrogen (secondary N) is 2. The molecule has 0 saturated carbocycles. The molecule has 1 fully saturated rings. The Morgan fingerprint density at radius 2 is 2.10 bits per heavy atom. The van der Waals surface area contributed by atoms with Crippen LogP contribution in [0.25, 0.3) is 0 Å². The van der Waals surface area contributed by atoms with Gasteiger partial charge in [0.2, 0.25) is 11.8 Å². The SMILES string of the molecule is CCN=C1NC(=O)[C@H](CC(=O)Nc2ccc(C)cc2)S1. The maximum absolute atomic E-state index is 11.9. The van der Waals surface area contributed by atoms with Crippen molar-refractivity contribution >= 4 is 34.4 Å². The van der Waals surface area contributed by atoms with Crippen LogP contribution in [-0.4, -0.2) is 28.8 Å². The van der Waals surface area contributed by atoms with Crippen LogP contribution in [0.5, 0.6) is 0 Å². The zero-order chi connectivity index (χ0) is 14.5. The number of carbonyl (C=O) groups is 2. The lowest BCUT2D eigenvalue weighted by molar-refractivity contribution is -0.122. The van der Waals surface area contributed by atoms with Gasteiger partial charge >= 0.3 is 0 Å². The lowest BCUT2D eigenvalue weighted by atomic mass is 10.2. The number of carbonyl (C=O) groups excluding carboxylic acids is 2. The van der Waals surface area contributed by atoms with E-state index in [1.165, 1.54) is 11.8 Å². The normalized spacial score (nSPS) is 20.0. The monoisotopic (exact) mass is 291 g/mol. The van der Waals surface area contributed by atoms with Gasteiger partial charge in [0, 0.05) is 18.7 Å². The molecule has 6 heteroatoms. The number of nitrogens with zero attached hydrogens (tertiary/aromatic N) is 1. The van der Waals surface area contributed by atoms with Gasteiger partial charge in [0.25, 0.3) is 0 Å². The molecule has 1 atom stereocenters. The molecule has 1 aromatic carbocycles. The van der Waals surface area contributed by atoms with E-state index >= 15 is 0 Å². The molecular formula is C14H17N3O2S. The van der Waals surface area contributed by atoms with Crippen LogP contribution in [-0.2, 0) is 9.59 Å². The van der Waals surface area contributed by atoms with E-state index in [0.717, 1.165) is 11.3 Å². The summed E-state index contributed by atoms with van der Waals surface area (Å²) >= 11 is 1.31. The summed E-state index contributed by atoms with van der Waals surface area (Å²) in [5.74, 6) is -0.319. The highest BCUT2D eigenvalue weighted by Gasteiger charge is 2.31. The van der Waals surface area contributed by atoms with E-state index in [9.17, 15) is 9.59 Å². The predicted molar refractivity (Wildman–Crippen MR) is 81.9 cm³/mol. The highest BCUT2D eigenvalue weighted by Crippen LogP contribution is 2.23. The third kappa shape index (κ3) is 3.84. The van der Waals surface area contributed by atoms with Gasteiger partial charge in [-0.05, 0) is 26.0 Å². The lowest BCUT2D eigenvalue weighted by Gasteiger charge is -2.07. The summed E-state index contributed by atoms with van der Waals surface area (Å²) < 4.78 is 0. The molecule has 2 amide bonds. The van der Waals surface area contributed by atoms with E-state index < -0.39 is 5.25 Å². The Morgan fingerprint density at radius 3 is 2.75 bits per heavy atom. The summed E-state index contributed by atoms with van der Waals surface area (Å²) in [5, 5.41) is 5.67. The molecule has 1 aliphatic rings. The number of amidine groups is 1. The summed E-state index contributed by atoms with van der Waals surface area (Å²) in [6, 6.07) is 7.55. The maximum Gasteiger partial charge on any atom is 0.240 e. The number of amides is 2. The number of thioether (sulfide) groups is 1. The molecule has 1 aliphatic heterocycles. The molecule has 20 heavy (non-hydrogen) atoms. The fraction of sp³-hybridized carbons (Fsp3) is 0.357. The van der Waals surface area contributed by atoms with Gasteiger partial charge in [0.05, 0.1) is 0 Å². The van der Waals surface area contributed by atoms with E-state index in [0.29, 0.717) is 11.7 Å². The summed E-state index contributed by atoms with van der Waals surface area (Å²) in [6.07, 6.45) is 0.146. The smallest absolute Gasteiger partial charge is 0.240 e. The van der Waals surface area contributed by atoms with Gasteiger partial charge in [-0.25, -0.2) is 0 Å². The molecule has 0 bridgehead atoms. The van der Waals surface area contributed by atoms with Crippen LogP contribution < -0.4 is 10.6 Å². The first-order valence-electron chi connectivity index (χ1n) is 6.47. The largest absolute Gasteiger partial charge is 0.326 e. The number of anilines is 1. The Balaban J connectivity index is 1.90. The number of rotatable bonds is 4.